The number of allylic oxidation sites excluding steroid dienone is 4. The predicted molar refractivity (Wildman–Crippen MR) is 153 cm³/mol. The zero-order valence-corrected chi connectivity index (χ0v) is 23.8. The van der Waals surface area contributed by atoms with Gasteiger partial charge in [-0.3, -0.25) is 9.59 Å². The van der Waals surface area contributed by atoms with Gasteiger partial charge >= 0.3 is 11.9 Å². The van der Waals surface area contributed by atoms with Crippen LogP contribution in [0.4, 0.5) is 0 Å². The van der Waals surface area contributed by atoms with Crippen LogP contribution in [-0.4, -0.2) is 23.1 Å². The minimum absolute atomic E-state index is 0.0000218. The third kappa shape index (κ3) is 27.0. The first-order chi connectivity index (χ1) is 17.6. The highest BCUT2D eigenvalue weighted by molar-refractivity contribution is 5.69. The Hall–Kier alpha value is -1.58. The van der Waals surface area contributed by atoms with Gasteiger partial charge in [-0.05, 0) is 64.2 Å². The number of carboxylic acid groups (broad SMARTS) is 1. The van der Waals surface area contributed by atoms with Crippen molar-refractivity contribution in [3.05, 3.63) is 24.3 Å². The van der Waals surface area contributed by atoms with Crippen molar-refractivity contribution in [1.29, 1.82) is 0 Å². The average molecular weight is 507 g/mol. The lowest BCUT2D eigenvalue weighted by Crippen LogP contribution is -2.18. The summed E-state index contributed by atoms with van der Waals surface area (Å²) < 4.78 is 5.69. The van der Waals surface area contributed by atoms with Crippen LogP contribution in [0.25, 0.3) is 0 Å². The van der Waals surface area contributed by atoms with Crippen molar-refractivity contribution in [3.8, 4) is 0 Å². The van der Waals surface area contributed by atoms with Gasteiger partial charge in [0, 0.05) is 12.8 Å². The number of carbonyl (C=O) groups is 2. The van der Waals surface area contributed by atoms with E-state index in [-0.39, 0.29) is 18.5 Å². The normalized spacial score (nSPS) is 12.5. The largest absolute Gasteiger partial charge is 0.481 e. The number of carbonyl (C=O) groups excluding carboxylic acids is 1. The summed E-state index contributed by atoms with van der Waals surface area (Å²) >= 11 is 0. The maximum Gasteiger partial charge on any atom is 0.306 e. The topological polar surface area (TPSA) is 63.6 Å². The minimum Gasteiger partial charge on any atom is -0.481 e. The molecule has 36 heavy (non-hydrogen) atoms. The summed E-state index contributed by atoms with van der Waals surface area (Å²) in [5.41, 5.74) is 0. The molecule has 0 fully saturated rings. The summed E-state index contributed by atoms with van der Waals surface area (Å²) in [4.78, 5) is 22.8. The number of hydrogen-bond donors (Lipinski definition) is 1. The molecule has 0 aromatic rings. The Bertz CT molecular complexity index is 552. The molecule has 210 valence electrons. The van der Waals surface area contributed by atoms with Crippen molar-refractivity contribution in [1.82, 2.24) is 0 Å². The summed E-state index contributed by atoms with van der Waals surface area (Å²) in [5, 5.41) is 8.70. The standard InChI is InChI=1S/C32H58O4/c1-3-5-6-7-8-9-10-11-12-13-14-15-16-17-18-19-20-21-25-29-32(35)36-30(26-4-2)27-23-22-24-28-31(33)34/h8-9,11-12,30H,3-7,10,13-29H2,1-2H3,(H,33,34)/b9-8-,12-11-. The van der Waals surface area contributed by atoms with Gasteiger partial charge in [0.25, 0.3) is 0 Å². The van der Waals surface area contributed by atoms with Crippen LogP contribution in [0.15, 0.2) is 24.3 Å². The Morgan fingerprint density at radius 2 is 1.14 bits per heavy atom. The molecule has 0 aliphatic carbocycles. The molecule has 0 saturated carbocycles. The Balaban J connectivity index is 3.51. The molecule has 4 heteroatoms. The number of esters is 1. The number of hydrogen-bond acceptors (Lipinski definition) is 3. The average Bonchev–Trinajstić information content (AvgIpc) is 2.85. The van der Waals surface area contributed by atoms with E-state index in [0.29, 0.717) is 12.8 Å². The van der Waals surface area contributed by atoms with Crippen LogP contribution in [0.2, 0.25) is 0 Å². The smallest absolute Gasteiger partial charge is 0.306 e. The molecule has 0 heterocycles. The highest BCUT2D eigenvalue weighted by Crippen LogP contribution is 2.16. The second-order valence-electron chi connectivity index (χ2n) is 10.3. The maximum atomic E-state index is 12.2. The number of carboxylic acids is 1. The summed E-state index contributed by atoms with van der Waals surface area (Å²) in [5.74, 6) is -0.794. The maximum absolute atomic E-state index is 12.2. The van der Waals surface area contributed by atoms with E-state index in [9.17, 15) is 9.59 Å². The molecule has 0 rings (SSSR count). The summed E-state index contributed by atoms with van der Waals surface area (Å²) in [6.45, 7) is 4.36. The van der Waals surface area contributed by atoms with E-state index >= 15 is 0 Å². The van der Waals surface area contributed by atoms with Crippen LogP contribution in [0, 0.1) is 0 Å². The molecule has 0 bridgehead atoms. The molecule has 1 N–H and O–H groups in total. The molecule has 0 spiro atoms. The monoisotopic (exact) mass is 506 g/mol. The van der Waals surface area contributed by atoms with Crippen molar-refractivity contribution in [3.63, 3.8) is 0 Å². The lowest BCUT2D eigenvalue weighted by molar-refractivity contribution is -0.150. The van der Waals surface area contributed by atoms with Gasteiger partial charge in [0.05, 0.1) is 0 Å². The molecule has 0 aromatic heterocycles. The fourth-order valence-electron chi connectivity index (χ4n) is 4.44. The highest BCUT2D eigenvalue weighted by Gasteiger charge is 2.13. The number of ether oxygens (including phenoxy) is 1. The third-order valence-corrected chi connectivity index (χ3v) is 6.66. The van der Waals surface area contributed by atoms with Gasteiger partial charge in [-0.2, -0.15) is 0 Å². The Labute approximate surface area is 223 Å². The molecular weight excluding hydrogens is 448 g/mol. The first-order valence-corrected chi connectivity index (χ1v) is 15.3. The quantitative estimate of drug-likeness (QED) is 0.0683. The fourth-order valence-corrected chi connectivity index (χ4v) is 4.44. The van der Waals surface area contributed by atoms with Gasteiger partial charge in [-0.15, -0.1) is 0 Å². The fraction of sp³-hybridized carbons (Fsp3) is 0.812. The molecule has 0 amide bonds. The van der Waals surface area contributed by atoms with Crippen LogP contribution in [-0.2, 0) is 14.3 Å². The Morgan fingerprint density at radius 1 is 0.611 bits per heavy atom. The molecule has 0 aliphatic rings. The SMILES string of the molecule is CCCCC/C=C\C/C=C\CCCCCCCCCCCC(=O)OC(CCC)CCCCCC(=O)O. The van der Waals surface area contributed by atoms with E-state index in [0.717, 1.165) is 51.4 Å². The van der Waals surface area contributed by atoms with Crippen molar-refractivity contribution in [2.75, 3.05) is 0 Å². The Morgan fingerprint density at radius 3 is 1.72 bits per heavy atom. The van der Waals surface area contributed by atoms with E-state index in [1.165, 1.54) is 77.0 Å². The van der Waals surface area contributed by atoms with Gasteiger partial charge < -0.3 is 9.84 Å². The zero-order chi connectivity index (χ0) is 26.5. The number of rotatable bonds is 27. The van der Waals surface area contributed by atoms with Gasteiger partial charge in [0.1, 0.15) is 6.10 Å². The molecule has 0 aliphatic heterocycles. The van der Waals surface area contributed by atoms with Crippen LogP contribution < -0.4 is 0 Å². The predicted octanol–water partition coefficient (Wildman–Crippen LogP) is 10.1. The molecule has 4 nitrogen and oxygen atoms in total. The first-order valence-electron chi connectivity index (χ1n) is 15.3. The van der Waals surface area contributed by atoms with E-state index in [4.69, 9.17) is 9.84 Å². The highest BCUT2D eigenvalue weighted by atomic mass is 16.5. The lowest BCUT2D eigenvalue weighted by atomic mass is 10.0. The van der Waals surface area contributed by atoms with Gasteiger partial charge in [-0.1, -0.05) is 109 Å². The minimum atomic E-state index is -0.734. The van der Waals surface area contributed by atoms with Crippen LogP contribution in [0.1, 0.15) is 162 Å². The van der Waals surface area contributed by atoms with Crippen molar-refractivity contribution in [2.45, 2.75) is 168 Å². The second kappa shape index (κ2) is 28.0. The second-order valence-corrected chi connectivity index (χ2v) is 10.3. The van der Waals surface area contributed by atoms with Gasteiger partial charge in [0.15, 0.2) is 0 Å². The first kappa shape index (κ1) is 34.4. The molecule has 0 radical (unpaired) electrons. The molecule has 1 unspecified atom stereocenters. The van der Waals surface area contributed by atoms with Crippen LogP contribution in [0.5, 0.6) is 0 Å². The van der Waals surface area contributed by atoms with Gasteiger partial charge in [-0.25, -0.2) is 0 Å². The van der Waals surface area contributed by atoms with E-state index in [1.807, 2.05) is 0 Å². The van der Waals surface area contributed by atoms with E-state index in [1.54, 1.807) is 0 Å². The van der Waals surface area contributed by atoms with Crippen molar-refractivity contribution < 1.29 is 19.4 Å². The molecule has 0 aromatic carbocycles. The van der Waals surface area contributed by atoms with Crippen molar-refractivity contribution >= 4 is 11.9 Å². The van der Waals surface area contributed by atoms with E-state index in [2.05, 4.69) is 38.2 Å². The Kier molecular flexibility index (Phi) is 26.8. The van der Waals surface area contributed by atoms with E-state index < -0.39 is 5.97 Å². The summed E-state index contributed by atoms with van der Waals surface area (Å²) in [6.07, 6.45) is 33.9. The molecule has 0 saturated heterocycles. The molecule has 1 atom stereocenters. The van der Waals surface area contributed by atoms with Crippen LogP contribution in [0.3, 0.4) is 0 Å². The van der Waals surface area contributed by atoms with Crippen LogP contribution >= 0.6 is 0 Å². The van der Waals surface area contributed by atoms with Crippen molar-refractivity contribution in [2.24, 2.45) is 0 Å². The lowest BCUT2D eigenvalue weighted by Gasteiger charge is -2.17. The zero-order valence-electron chi connectivity index (χ0n) is 23.8. The third-order valence-electron chi connectivity index (χ3n) is 6.66. The number of aliphatic carboxylic acids is 1. The summed E-state index contributed by atoms with van der Waals surface area (Å²) in [7, 11) is 0. The molecular formula is C32H58O4. The van der Waals surface area contributed by atoms with Gasteiger partial charge in [0.2, 0.25) is 0 Å². The summed E-state index contributed by atoms with van der Waals surface area (Å²) in [6, 6.07) is 0. The number of unbranched alkanes of at least 4 members (excludes halogenated alkanes) is 14.